The number of aliphatic hydroxyl groups excluding tert-OH is 24. The molecule has 600 valence electrons. The smallest absolute Gasteiger partial charge is 0.394 e. The Morgan fingerprint density at radius 1 is 0.346 bits per heavy atom. The molecule has 40 atom stereocenters. The lowest BCUT2D eigenvalue weighted by Crippen LogP contribution is -2.69. The molecule has 1 amide bonds. The Kier molecular flexibility index (Phi) is 30.0. The Morgan fingerprint density at radius 2 is 0.673 bits per heavy atom. The number of halogens is 3. The monoisotopic (exact) mass is 1530 g/mol. The van der Waals surface area contributed by atoms with Crippen LogP contribution in [0.1, 0.15) is 5.56 Å². The molecule has 0 spiro atoms. The van der Waals surface area contributed by atoms with Gasteiger partial charge in [0.15, 0.2) is 50.3 Å². The SMILES string of the molecule is N[C@H]1[C@@H](O[C@H]2[C@H](O[C@H]3[C@H](O[C@@H]4O[C@H](CO)[C@@H](O)[C@H](O)[C@H]4O)[C@@H](O)[C@@H](OCCc4ccc(NC(=O)C(F)(F)F)cc4)O[C@@H]3CO[C@@H]3O[C@H](CO)[C@@H](O)[C@H](O)[C@H]3O[C@H]3O[C@H](CO)[C@@H](O[C@@H]4O[C@H](CO)[C@H](O[C@H]5O[C@H](CO)[C@H](O)[C@H](O)[C@H]5O)[C@H](O)[C@H]4O)[C@H](O)[C@H]3O)O[C@H](CO)[C@@H](O)[C@@H]2O)O[C@H](CO)[C@@H](O)[C@@H]1O. The van der Waals surface area contributed by atoms with Crippen LogP contribution in [0.2, 0.25) is 0 Å². The zero-order chi connectivity index (χ0) is 76.2. The van der Waals surface area contributed by atoms with E-state index in [0.29, 0.717) is 5.56 Å². The van der Waals surface area contributed by atoms with Crippen LogP contribution in [0.25, 0.3) is 0 Å². The number of benzene rings is 1. The summed E-state index contributed by atoms with van der Waals surface area (Å²) in [5.41, 5.74) is 6.21. The molecule has 8 aliphatic heterocycles. The number of nitrogens with one attached hydrogen (secondary N) is 1. The first-order valence-corrected chi connectivity index (χ1v) is 32.7. The number of alkyl halides is 3. The Labute approximate surface area is 585 Å². The fraction of sp³-hybridized carbons (Fsp3) is 0.879. The van der Waals surface area contributed by atoms with Crippen LogP contribution in [0.4, 0.5) is 18.9 Å². The minimum absolute atomic E-state index is 0.187. The number of amides is 1. The van der Waals surface area contributed by atoms with Crippen LogP contribution in [0.5, 0.6) is 0 Å². The number of ether oxygens (including phenoxy) is 16. The van der Waals surface area contributed by atoms with Gasteiger partial charge in [-0.15, -0.1) is 0 Å². The van der Waals surface area contributed by atoms with Crippen LogP contribution in [0.15, 0.2) is 24.3 Å². The number of anilines is 1. The van der Waals surface area contributed by atoms with E-state index in [9.17, 15) is 141 Å². The molecule has 1 aromatic rings. The maximum absolute atomic E-state index is 13.0. The molecule has 46 heteroatoms. The number of aliphatic hydroxyl groups is 24. The first-order valence-electron chi connectivity index (χ1n) is 32.7. The summed E-state index contributed by atoms with van der Waals surface area (Å²) < 4.78 is 133. The molecule has 0 bridgehead atoms. The molecule has 1 aromatic carbocycles. The molecule has 0 radical (unpaired) electrons. The van der Waals surface area contributed by atoms with Gasteiger partial charge in [0.25, 0.3) is 0 Å². The second kappa shape index (κ2) is 36.8. The van der Waals surface area contributed by atoms with Crippen LogP contribution in [0, 0.1) is 0 Å². The van der Waals surface area contributed by atoms with E-state index in [1.54, 1.807) is 5.32 Å². The average molecular weight is 1530 g/mol. The third kappa shape index (κ3) is 18.6. The standard InChI is InChI=1S/C58H91F3N2O41/c59-58(60,61)57(88)63-16-3-1-15(2-4-16)5-6-89-50-42(87)46(102-52-39(84)33(78)28(73)19(9-66)93-52)45(101-56-48(35(80)30(75)21(11-68)95-56)103-49-25(62)31(76)26(71)17(7-64)91-49)24(98-50)14-90-55-47(34(79)29(74)20(10-67)94-55)104-54-41(86)37(82)44(23(13-70)97-54)100-53-40(85)36(81)43(22(12-69)96-53)99-51-38(83)32(77)27(72)18(8-65)92-51/h1-4,17-56,64-87H,5-14,62H2,(H,63,88)/t17-,18-,19-,20-,21-,22-,23-,24-,25-,26-,27+,28-,29-,30-,31-,32+,33+,34+,35+,36-,37-,38-,39-,40-,41-,42-,43+,44-,45-,46-,47-,48-,49-,50+,51-,52+,53+,54-,55-,56+/m1/s1. The van der Waals surface area contributed by atoms with Crippen molar-refractivity contribution in [3.63, 3.8) is 0 Å². The summed E-state index contributed by atoms with van der Waals surface area (Å²) in [4.78, 5) is 11.6. The molecule has 27 N–H and O–H groups in total. The first kappa shape index (κ1) is 84.9. The van der Waals surface area contributed by atoms with E-state index in [0.717, 1.165) is 12.1 Å². The molecule has 8 fully saturated rings. The molecule has 9 rings (SSSR count). The topological polar surface area (TPSA) is 688 Å². The zero-order valence-electron chi connectivity index (χ0n) is 54.4. The molecule has 0 unspecified atom stereocenters. The third-order valence-corrected chi connectivity index (χ3v) is 18.8. The second-order valence-electron chi connectivity index (χ2n) is 25.7. The maximum Gasteiger partial charge on any atom is 0.471 e. The van der Waals surface area contributed by atoms with Crippen LogP contribution in [0.3, 0.4) is 0 Å². The first-order chi connectivity index (χ1) is 49.2. The molecule has 8 heterocycles. The summed E-state index contributed by atoms with van der Waals surface area (Å²) in [7, 11) is 0. The van der Waals surface area contributed by atoms with Gasteiger partial charge in [-0.1, -0.05) is 12.1 Å². The Balaban J connectivity index is 1.01. The second-order valence-corrected chi connectivity index (χ2v) is 25.7. The van der Waals surface area contributed by atoms with Crippen molar-refractivity contribution in [3.8, 4) is 0 Å². The van der Waals surface area contributed by atoms with Crippen molar-refractivity contribution in [1.29, 1.82) is 0 Å². The minimum Gasteiger partial charge on any atom is -0.394 e. The lowest BCUT2D eigenvalue weighted by molar-refractivity contribution is -0.404. The maximum atomic E-state index is 13.0. The van der Waals surface area contributed by atoms with E-state index < -0.39 is 317 Å². The van der Waals surface area contributed by atoms with Gasteiger partial charge in [-0.2, -0.15) is 13.2 Å². The number of carbonyl (C=O) groups is 1. The van der Waals surface area contributed by atoms with Gasteiger partial charge < -0.3 is 209 Å². The average Bonchev–Trinajstić information content (AvgIpc) is 0.911. The molecular weight excluding hydrogens is 1440 g/mol. The highest BCUT2D eigenvalue weighted by Crippen LogP contribution is 2.40. The van der Waals surface area contributed by atoms with Gasteiger partial charge in [-0.3, -0.25) is 4.79 Å². The van der Waals surface area contributed by atoms with Gasteiger partial charge in [0.05, 0.1) is 65.5 Å². The van der Waals surface area contributed by atoms with Gasteiger partial charge in [0.1, 0.15) is 189 Å². The Hall–Kier alpha value is -3.16. The van der Waals surface area contributed by atoms with Crippen LogP contribution >= 0.6 is 0 Å². The van der Waals surface area contributed by atoms with Crippen LogP contribution in [-0.2, 0) is 87.0 Å². The fourth-order valence-corrected chi connectivity index (χ4v) is 12.8. The van der Waals surface area contributed by atoms with Crippen LogP contribution < -0.4 is 11.1 Å². The highest BCUT2D eigenvalue weighted by Gasteiger charge is 2.60. The summed E-state index contributed by atoms with van der Waals surface area (Å²) in [6.07, 6.45) is -86.0. The zero-order valence-corrected chi connectivity index (χ0v) is 54.4. The summed E-state index contributed by atoms with van der Waals surface area (Å²) >= 11 is 0. The normalized spacial score (nSPS) is 47.7. The van der Waals surface area contributed by atoms with Gasteiger partial charge in [-0.05, 0) is 24.1 Å². The van der Waals surface area contributed by atoms with E-state index in [4.69, 9.17) is 81.5 Å². The van der Waals surface area contributed by atoms with Gasteiger partial charge >= 0.3 is 12.1 Å². The molecule has 8 saturated heterocycles. The van der Waals surface area contributed by atoms with Gasteiger partial charge in [-0.25, -0.2) is 0 Å². The predicted octanol–water partition coefficient (Wildman–Crippen LogP) is -15.7. The lowest BCUT2D eigenvalue weighted by atomic mass is 9.95. The predicted molar refractivity (Wildman–Crippen MR) is 315 cm³/mol. The third-order valence-electron chi connectivity index (χ3n) is 18.8. The molecule has 43 nitrogen and oxygen atoms in total. The number of nitrogens with two attached hydrogens (primary N) is 1. The molecule has 0 saturated carbocycles. The van der Waals surface area contributed by atoms with Crippen molar-refractivity contribution < 1.29 is 216 Å². The minimum atomic E-state index is -5.25. The van der Waals surface area contributed by atoms with E-state index in [1.807, 2.05) is 0 Å². The van der Waals surface area contributed by atoms with Crippen molar-refractivity contribution in [3.05, 3.63) is 29.8 Å². The van der Waals surface area contributed by atoms with Gasteiger partial charge in [0.2, 0.25) is 0 Å². The van der Waals surface area contributed by atoms with Gasteiger partial charge in [0, 0.05) is 5.69 Å². The molecule has 0 aliphatic carbocycles. The van der Waals surface area contributed by atoms with Crippen LogP contribution in [-0.4, -0.2) is 440 Å². The van der Waals surface area contributed by atoms with Crippen molar-refractivity contribution in [2.45, 2.75) is 258 Å². The highest BCUT2D eigenvalue weighted by atomic mass is 19.4. The Bertz CT molecular complexity index is 2780. The number of carbonyl (C=O) groups excluding carboxylic acids is 1. The van der Waals surface area contributed by atoms with E-state index >= 15 is 0 Å². The van der Waals surface area contributed by atoms with E-state index in [2.05, 4.69) is 0 Å². The number of hydrogen-bond acceptors (Lipinski definition) is 42. The summed E-state index contributed by atoms with van der Waals surface area (Å²) in [5, 5.41) is 263. The van der Waals surface area contributed by atoms with Crippen molar-refractivity contribution >= 4 is 11.6 Å². The molecule has 104 heavy (non-hydrogen) atoms. The molecule has 8 aliphatic rings. The van der Waals surface area contributed by atoms with E-state index in [1.165, 1.54) is 12.1 Å². The lowest BCUT2D eigenvalue weighted by Gasteiger charge is -2.51. The summed E-state index contributed by atoms with van der Waals surface area (Å²) in [6.45, 7) is -9.07. The van der Waals surface area contributed by atoms with Crippen molar-refractivity contribution in [1.82, 2.24) is 0 Å². The van der Waals surface area contributed by atoms with Crippen molar-refractivity contribution in [2.24, 2.45) is 5.73 Å². The quantitative estimate of drug-likeness (QED) is 0.0389. The number of rotatable bonds is 27. The number of hydrogen-bond donors (Lipinski definition) is 26. The summed E-state index contributed by atoms with van der Waals surface area (Å²) in [6, 6.07) is 3.02. The molecular formula is C58H91F3N2O41. The summed E-state index contributed by atoms with van der Waals surface area (Å²) in [5.74, 6) is -2.28. The highest BCUT2D eigenvalue weighted by molar-refractivity contribution is 5.94. The van der Waals surface area contributed by atoms with Crippen molar-refractivity contribution in [2.75, 3.05) is 64.8 Å². The Morgan fingerprint density at radius 3 is 1.12 bits per heavy atom. The van der Waals surface area contributed by atoms with E-state index in [-0.39, 0.29) is 12.1 Å². The fourth-order valence-electron chi connectivity index (χ4n) is 12.8. The largest absolute Gasteiger partial charge is 0.471 e. The molecule has 0 aromatic heterocycles.